The van der Waals surface area contributed by atoms with E-state index in [0.717, 1.165) is 31.0 Å². The molecule has 19 heavy (non-hydrogen) atoms. The highest BCUT2D eigenvalue weighted by molar-refractivity contribution is 5.32. The summed E-state index contributed by atoms with van der Waals surface area (Å²) in [4.78, 5) is 6.42. The lowest BCUT2D eigenvalue weighted by molar-refractivity contribution is 0.303. The van der Waals surface area contributed by atoms with E-state index in [1.54, 1.807) is 6.33 Å². The van der Waals surface area contributed by atoms with Gasteiger partial charge in [0.15, 0.2) is 0 Å². The molecule has 0 unspecified atom stereocenters. The molecular formula is C14H17N5. The SMILES string of the molecule is CCn1ncnc1CN(C)Cc1cccc(C#N)c1. The Balaban J connectivity index is 2.01. The van der Waals surface area contributed by atoms with Gasteiger partial charge >= 0.3 is 0 Å². The normalized spacial score (nSPS) is 10.6. The fourth-order valence-electron chi connectivity index (χ4n) is 2.02. The van der Waals surface area contributed by atoms with Crippen molar-refractivity contribution in [3.05, 3.63) is 47.5 Å². The molecule has 1 heterocycles. The number of benzene rings is 1. The summed E-state index contributed by atoms with van der Waals surface area (Å²) < 4.78 is 1.89. The molecule has 0 radical (unpaired) electrons. The highest BCUT2D eigenvalue weighted by Crippen LogP contribution is 2.08. The van der Waals surface area contributed by atoms with E-state index in [0.29, 0.717) is 5.56 Å². The molecule has 0 saturated carbocycles. The van der Waals surface area contributed by atoms with Gasteiger partial charge in [-0.05, 0) is 31.7 Å². The van der Waals surface area contributed by atoms with Crippen LogP contribution in [0.5, 0.6) is 0 Å². The van der Waals surface area contributed by atoms with Crippen molar-refractivity contribution >= 4 is 0 Å². The van der Waals surface area contributed by atoms with Gasteiger partial charge in [0.1, 0.15) is 12.2 Å². The minimum atomic E-state index is 0.697. The summed E-state index contributed by atoms with van der Waals surface area (Å²) in [6.45, 7) is 4.40. The molecule has 2 aromatic rings. The fourth-order valence-corrected chi connectivity index (χ4v) is 2.02. The molecule has 0 amide bonds. The molecule has 1 aromatic carbocycles. The average Bonchev–Trinajstić information content (AvgIpc) is 2.86. The Morgan fingerprint density at radius 2 is 2.21 bits per heavy atom. The van der Waals surface area contributed by atoms with E-state index in [4.69, 9.17) is 5.26 Å². The van der Waals surface area contributed by atoms with Crippen molar-refractivity contribution in [1.82, 2.24) is 19.7 Å². The standard InChI is InChI=1S/C14H17N5/c1-3-19-14(16-11-17-19)10-18(2)9-13-6-4-5-12(7-13)8-15/h4-7,11H,3,9-10H2,1-2H3. The van der Waals surface area contributed by atoms with E-state index < -0.39 is 0 Å². The quantitative estimate of drug-likeness (QED) is 0.817. The van der Waals surface area contributed by atoms with Crippen molar-refractivity contribution in [2.75, 3.05) is 7.05 Å². The maximum absolute atomic E-state index is 8.89. The molecule has 0 fully saturated rings. The summed E-state index contributed by atoms with van der Waals surface area (Å²) in [5.74, 6) is 0.960. The summed E-state index contributed by atoms with van der Waals surface area (Å²) in [5.41, 5.74) is 1.83. The Morgan fingerprint density at radius 1 is 1.37 bits per heavy atom. The average molecular weight is 255 g/mol. The van der Waals surface area contributed by atoms with E-state index in [9.17, 15) is 0 Å². The Bertz CT molecular complexity index is 582. The third-order valence-corrected chi connectivity index (χ3v) is 2.92. The van der Waals surface area contributed by atoms with Gasteiger partial charge in [-0.15, -0.1) is 0 Å². The van der Waals surface area contributed by atoms with Crippen LogP contribution in [0, 0.1) is 11.3 Å². The highest BCUT2D eigenvalue weighted by atomic mass is 15.3. The largest absolute Gasteiger partial charge is 0.295 e. The fraction of sp³-hybridized carbons (Fsp3) is 0.357. The van der Waals surface area contributed by atoms with Crippen LogP contribution in [0.15, 0.2) is 30.6 Å². The van der Waals surface area contributed by atoms with Gasteiger partial charge in [-0.3, -0.25) is 4.90 Å². The van der Waals surface area contributed by atoms with E-state index in [1.165, 1.54) is 0 Å². The maximum atomic E-state index is 8.89. The zero-order valence-corrected chi connectivity index (χ0v) is 11.2. The lowest BCUT2D eigenvalue weighted by atomic mass is 10.1. The first kappa shape index (κ1) is 13.2. The van der Waals surface area contributed by atoms with E-state index in [1.807, 2.05) is 36.0 Å². The van der Waals surface area contributed by atoms with E-state index >= 15 is 0 Å². The van der Waals surface area contributed by atoms with Crippen LogP contribution < -0.4 is 0 Å². The number of aromatic nitrogens is 3. The number of aryl methyl sites for hydroxylation is 1. The molecule has 0 aliphatic rings. The third-order valence-electron chi connectivity index (χ3n) is 2.92. The van der Waals surface area contributed by atoms with Crippen molar-refractivity contribution < 1.29 is 0 Å². The van der Waals surface area contributed by atoms with Gasteiger partial charge in [0, 0.05) is 13.1 Å². The minimum Gasteiger partial charge on any atom is -0.295 e. The monoisotopic (exact) mass is 255 g/mol. The van der Waals surface area contributed by atoms with Crippen LogP contribution in [0.4, 0.5) is 0 Å². The van der Waals surface area contributed by atoms with Crippen LogP contribution in [0.1, 0.15) is 23.9 Å². The predicted molar refractivity (Wildman–Crippen MR) is 72.0 cm³/mol. The van der Waals surface area contributed by atoms with Crippen molar-refractivity contribution in [2.45, 2.75) is 26.6 Å². The molecule has 98 valence electrons. The smallest absolute Gasteiger partial charge is 0.140 e. The van der Waals surface area contributed by atoms with Gasteiger partial charge in [-0.25, -0.2) is 9.67 Å². The third kappa shape index (κ3) is 3.39. The van der Waals surface area contributed by atoms with E-state index in [-0.39, 0.29) is 0 Å². The lowest BCUT2D eigenvalue weighted by Gasteiger charge is -2.16. The molecule has 2 rings (SSSR count). The first-order valence-electron chi connectivity index (χ1n) is 6.27. The number of hydrogen-bond donors (Lipinski definition) is 0. The van der Waals surface area contributed by atoms with Crippen LogP contribution in [0.2, 0.25) is 0 Å². The summed E-state index contributed by atoms with van der Waals surface area (Å²) in [6.07, 6.45) is 1.59. The van der Waals surface area contributed by atoms with Gasteiger partial charge < -0.3 is 0 Å². The van der Waals surface area contributed by atoms with Gasteiger partial charge in [0.25, 0.3) is 0 Å². The van der Waals surface area contributed by atoms with Crippen molar-refractivity contribution in [1.29, 1.82) is 5.26 Å². The summed E-state index contributed by atoms with van der Waals surface area (Å²) >= 11 is 0. The highest BCUT2D eigenvalue weighted by Gasteiger charge is 2.07. The van der Waals surface area contributed by atoms with Gasteiger partial charge in [-0.1, -0.05) is 12.1 Å². The summed E-state index contributed by atoms with van der Waals surface area (Å²) in [7, 11) is 2.04. The second-order valence-electron chi connectivity index (χ2n) is 4.48. The number of rotatable bonds is 5. The van der Waals surface area contributed by atoms with Crippen molar-refractivity contribution in [2.24, 2.45) is 0 Å². The molecule has 1 aromatic heterocycles. The number of nitriles is 1. The summed E-state index contributed by atoms with van der Waals surface area (Å²) in [6, 6.07) is 9.84. The molecule has 0 N–H and O–H groups in total. The second kappa shape index (κ2) is 6.12. The molecule has 0 aliphatic heterocycles. The lowest BCUT2D eigenvalue weighted by Crippen LogP contribution is -2.20. The molecule has 0 aliphatic carbocycles. The summed E-state index contributed by atoms with van der Waals surface area (Å²) in [5, 5.41) is 13.0. The number of nitrogens with zero attached hydrogens (tertiary/aromatic N) is 5. The van der Waals surface area contributed by atoms with E-state index in [2.05, 4.69) is 28.0 Å². The Kier molecular flexibility index (Phi) is 4.26. The first-order valence-corrected chi connectivity index (χ1v) is 6.27. The van der Waals surface area contributed by atoms with Gasteiger partial charge in [0.2, 0.25) is 0 Å². The molecule has 5 nitrogen and oxygen atoms in total. The Labute approximate surface area is 113 Å². The molecule has 0 bridgehead atoms. The van der Waals surface area contributed by atoms with Crippen LogP contribution in [0.3, 0.4) is 0 Å². The minimum absolute atomic E-state index is 0.697. The Hall–Kier alpha value is -2.19. The van der Waals surface area contributed by atoms with Crippen LogP contribution in [-0.4, -0.2) is 26.7 Å². The molecule has 0 saturated heterocycles. The second-order valence-corrected chi connectivity index (χ2v) is 4.48. The Morgan fingerprint density at radius 3 is 2.95 bits per heavy atom. The predicted octanol–water partition coefficient (Wildman–Crippen LogP) is 1.80. The zero-order chi connectivity index (χ0) is 13.7. The van der Waals surface area contributed by atoms with Crippen LogP contribution in [-0.2, 0) is 19.6 Å². The molecular weight excluding hydrogens is 238 g/mol. The topological polar surface area (TPSA) is 57.7 Å². The molecule has 0 spiro atoms. The molecule has 0 atom stereocenters. The molecule has 5 heteroatoms. The zero-order valence-electron chi connectivity index (χ0n) is 11.2. The number of hydrogen-bond acceptors (Lipinski definition) is 4. The van der Waals surface area contributed by atoms with Crippen LogP contribution >= 0.6 is 0 Å². The van der Waals surface area contributed by atoms with Gasteiger partial charge in [-0.2, -0.15) is 10.4 Å². The van der Waals surface area contributed by atoms with Crippen LogP contribution in [0.25, 0.3) is 0 Å². The van der Waals surface area contributed by atoms with Crippen molar-refractivity contribution in [3.8, 4) is 6.07 Å². The maximum Gasteiger partial charge on any atom is 0.140 e. The first-order chi connectivity index (χ1) is 9.22. The van der Waals surface area contributed by atoms with Gasteiger partial charge in [0.05, 0.1) is 18.2 Å². The van der Waals surface area contributed by atoms with Crippen molar-refractivity contribution in [3.63, 3.8) is 0 Å².